The Morgan fingerprint density at radius 2 is 1.94 bits per heavy atom. The van der Waals surface area contributed by atoms with Gasteiger partial charge in [0.15, 0.2) is 0 Å². The zero-order valence-electron chi connectivity index (χ0n) is 10.1. The summed E-state index contributed by atoms with van der Waals surface area (Å²) in [4.78, 5) is 18.7. The molecular formula is C12H21N3O. The Labute approximate surface area is 97.2 Å². The maximum Gasteiger partial charge on any atom is 0.226 e. The standard InChI is InChI=1S/C12H21N3O/c1-13-2-4-14(5-3-13)6-7-15-9-10-8-11(10)12(15)16/h10-11H,2-9H2,1H3. The summed E-state index contributed by atoms with van der Waals surface area (Å²) < 4.78 is 0. The van der Waals surface area contributed by atoms with Gasteiger partial charge in [-0.05, 0) is 19.4 Å². The molecule has 0 spiro atoms. The molecule has 0 N–H and O–H groups in total. The van der Waals surface area contributed by atoms with Crippen LogP contribution in [-0.2, 0) is 4.79 Å². The molecule has 3 rings (SSSR count). The lowest BCUT2D eigenvalue weighted by Crippen LogP contribution is -2.47. The van der Waals surface area contributed by atoms with Crippen LogP contribution in [0.1, 0.15) is 6.42 Å². The van der Waals surface area contributed by atoms with E-state index < -0.39 is 0 Å². The lowest BCUT2D eigenvalue weighted by Gasteiger charge is -2.33. The maximum atomic E-state index is 11.8. The molecule has 2 unspecified atom stereocenters. The number of piperidine rings is 1. The third-order valence-electron chi connectivity index (χ3n) is 4.29. The molecule has 2 aliphatic heterocycles. The van der Waals surface area contributed by atoms with Crippen LogP contribution in [0.3, 0.4) is 0 Å². The number of hydrogen-bond donors (Lipinski definition) is 0. The Balaban J connectivity index is 1.41. The van der Waals surface area contributed by atoms with Crippen molar-refractivity contribution in [1.29, 1.82) is 0 Å². The van der Waals surface area contributed by atoms with E-state index in [9.17, 15) is 4.79 Å². The van der Waals surface area contributed by atoms with Gasteiger partial charge in [-0.2, -0.15) is 0 Å². The molecule has 2 saturated heterocycles. The molecule has 4 nitrogen and oxygen atoms in total. The third-order valence-corrected chi connectivity index (χ3v) is 4.29. The Morgan fingerprint density at radius 3 is 2.56 bits per heavy atom. The number of likely N-dealkylation sites (tertiary alicyclic amines) is 1. The third kappa shape index (κ3) is 1.96. The van der Waals surface area contributed by atoms with Gasteiger partial charge < -0.3 is 9.80 Å². The van der Waals surface area contributed by atoms with Crippen molar-refractivity contribution in [3.63, 3.8) is 0 Å². The lowest BCUT2D eigenvalue weighted by atomic mass is 10.3. The molecule has 2 atom stereocenters. The molecule has 1 amide bonds. The summed E-state index contributed by atoms with van der Waals surface area (Å²) in [5, 5.41) is 0. The highest BCUT2D eigenvalue weighted by Crippen LogP contribution is 2.45. The molecule has 0 radical (unpaired) electrons. The van der Waals surface area contributed by atoms with Gasteiger partial charge in [-0.1, -0.05) is 0 Å². The molecule has 1 saturated carbocycles. The van der Waals surface area contributed by atoms with E-state index in [2.05, 4.69) is 21.7 Å². The molecule has 0 aromatic carbocycles. The summed E-state index contributed by atoms with van der Waals surface area (Å²) in [7, 11) is 2.18. The van der Waals surface area contributed by atoms with Crippen molar-refractivity contribution in [2.45, 2.75) is 6.42 Å². The van der Waals surface area contributed by atoms with Crippen molar-refractivity contribution < 1.29 is 4.79 Å². The number of amides is 1. The highest BCUT2D eigenvalue weighted by molar-refractivity contribution is 5.84. The first kappa shape index (κ1) is 10.5. The number of piperazine rings is 1. The fourth-order valence-electron chi connectivity index (χ4n) is 2.89. The van der Waals surface area contributed by atoms with E-state index in [1.54, 1.807) is 0 Å². The number of likely N-dealkylation sites (N-methyl/N-ethyl adjacent to an activating group) is 1. The average molecular weight is 223 g/mol. The monoisotopic (exact) mass is 223 g/mol. The largest absolute Gasteiger partial charge is 0.341 e. The lowest BCUT2D eigenvalue weighted by molar-refractivity contribution is -0.130. The van der Waals surface area contributed by atoms with Gasteiger partial charge in [-0.15, -0.1) is 0 Å². The first-order valence-corrected chi connectivity index (χ1v) is 6.44. The Bertz CT molecular complexity index is 286. The SMILES string of the molecule is CN1CCN(CCN2CC3CC3C2=O)CC1. The highest BCUT2D eigenvalue weighted by Gasteiger charge is 2.51. The van der Waals surface area contributed by atoms with Crippen molar-refractivity contribution >= 4 is 5.91 Å². The quantitative estimate of drug-likeness (QED) is 0.658. The summed E-state index contributed by atoms with van der Waals surface area (Å²) in [6.45, 7) is 7.71. The number of hydrogen-bond acceptors (Lipinski definition) is 3. The number of carbonyl (C=O) groups is 1. The first-order chi connectivity index (χ1) is 7.74. The maximum absolute atomic E-state index is 11.8. The van der Waals surface area contributed by atoms with Crippen molar-refractivity contribution in [2.75, 3.05) is 52.9 Å². The minimum absolute atomic E-state index is 0.424. The Morgan fingerprint density at radius 1 is 1.19 bits per heavy atom. The Kier molecular flexibility index (Phi) is 2.64. The van der Waals surface area contributed by atoms with Gasteiger partial charge in [-0.25, -0.2) is 0 Å². The van der Waals surface area contributed by atoms with Gasteiger partial charge in [0.05, 0.1) is 0 Å². The van der Waals surface area contributed by atoms with Gasteiger partial charge in [0.2, 0.25) is 5.91 Å². The predicted octanol–water partition coefficient (Wildman–Crippen LogP) is -0.288. The van der Waals surface area contributed by atoms with E-state index in [1.165, 1.54) is 19.5 Å². The molecule has 16 heavy (non-hydrogen) atoms. The molecule has 0 aromatic heterocycles. The van der Waals surface area contributed by atoms with E-state index in [0.717, 1.165) is 38.6 Å². The smallest absolute Gasteiger partial charge is 0.226 e. The van der Waals surface area contributed by atoms with Crippen molar-refractivity contribution in [1.82, 2.24) is 14.7 Å². The van der Waals surface area contributed by atoms with E-state index in [4.69, 9.17) is 0 Å². The molecule has 0 bridgehead atoms. The van der Waals surface area contributed by atoms with E-state index in [0.29, 0.717) is 11.8 Å². The molecule has 1 aliphatic carbocycles. The van der Waals surface area contributed by atoms with Crippen molar-refractivity contribution in [3.05, 3.63) is 0 Å². The van der Waals surface area contributed by atoms with E-state index >= 15 is 0 Å². The summed E-state index contributed by atoms with van der Waals surface area (Å²) in [6.07, 6.45) is 1.17. The van der Waals surface area contributed by atoms with Gasteiger partial charge >= 0.3 is 0 Å². The number of fused-ring (bicyclic) bond motifs is 1. The van der Waals surface area contributed by atoms with Crippen LogP contribution in [0, 0.1) is 11.8 Å². The van der Waals surface area contributed by atoms with Crippen LogP contribution < -0.4 is 0 Å². The van der Waals surface area contributed by atoms with Gasteiger partial charge in [0.1, 0.15) is 0 Å². The number of nitrogens with zero attached hydrogens (tertiary/aromatic N) is 3. The molecule has 4 heteroatoms. The van der Waals surface area contributed by atoms with E-state index in [-0.39, 0.29) is 0 Å². The molecule has 3 aliphatic rings. The summed E-state index contributed by atoms with van der Waals surface area (Å²) >= 11 is 0. The molecular weight excluding hydrogens is 202 g/mol. The summed E-state index contributed by atoms with van der Waals surface area (Å²) in [5.41, 5.74) is 0. The Hall–Kier alpha value is -0.610. The minimum Gasteiger partial charge on any atom is -0.341 e. The second-order valence-corrected chi connectivity index (χ2v) is 5.53. The molecule has 2 heterocycles. The predicted molar refractivity (Wildman–Crippen MR) is 62.1 cm³/mol. The second kappa shape index (κ2) is 4.00. The van der Waals surface area contributed by atoms with Crippen LogP contribution in [0.2, 0.25) is 0 Å². The fraction of sp³-hybridized carbons (Fsp3) is 0.917. The van der Waals surface area contributed by atoms with Crippen LogP contribution in [0.5, 0.6) is 0 Å². The average Bonchev–Trinajstić information content (AvgIpc) is 2.99. The zero-order chi connectivity index (χ0) is 11.1. The van der Waals surface area contributed by atoms with Crippen LogP contribution >= 0.6 is 0 Å². The van der Waals surface area contributed by atoms with Gasteiger partial charge in [0, 0.05) is 51.7 Å². The zero-order valence-corrected chi connectivity index (χ0v) is 10.1. The van der Waals surface area contributed by atoms with Crippen LogP contribution in [0.25, 0.3) is 0 Å². The minimum atomic E-state index is 0.424. The molecule has 0 aromatic rings. The molecule has 90 valence electrons. The summed E-state index contributed by atoms with van der Waals surface area (Å²) in [5.74, 6) is 1.58. The van der Waals surface area contributed by atoms with Crippen LogP contribution in [0.15, 0.2) is 0 Å². The van der Waals surface area contributed by atoms with Crippen molar-refractivity contribution in [2.24, 2.45) is 11.8 Å². The highest BCUT2D eigenvalue weighted by atomic mass is 16.2. The second-order valence-electron chi connectivity index (χ2n) is 5.53. The van der Waals surface area contributed by atoms with Crippen molar-refractivity contribution in [3.8, 4) is 0 Å². The first-order valence-electron chi connectivity index (χ1n) is 6.44. The number of rotatable bonds is 3. The molecule has 3 fully saturated rings. The van der Waals surface area contributed by atoms with Gasteiger partial charge in [-0.3, -0.25) is 9.69 Å². The normalized spacial score (nSPS) is 35.6. The summed E-state index contributed by atoms with van der Waals surface area (Å²) in [6, 6.07) is 0. The van der Waals surface area contributed by atoms with Crippen LogP contribution in [-0.4, -0.2) is 73.5 Å². The topological polar surface area (TPSA) is 26.8 Å². The fourth-order valence-corrected chi connectivity index (χ4v) is 2.89. The van der Waals surface area contributed by atoms with Crippen LogP contribution in [0.4, 0.5) is 0 Å². The van der Waals surface area contributed by atoms with Gasteiger partial charge in [0.25, 0.3) is 0 Å². The van der Waals surface area contributed by atoms with E-state index in [1.807, 2.05) is 0 Å². The number of carbonyl (C=O) groups excluding carboxylic acids is 1.